The van der Waals surface area contributed by atoms with E-state index in [9.17, 15) is 9.18 Å². The van der Waals surface area contributed by atoms with Gasteiger partial charge in [0.25, 0.3) is 0 Å². The van der Waals surface area contributed by atoms with E-state index < -0.39 is 11.8 Å². The van der Waals surface area contributed by atoms with Gasteiger partial charge < -0.3 is 4.74 Å². The number of carbonyl (C=O) groups excluding carboxylic acids is 1. The summed E-state index contributed by atoms with van der Waals surface area (Å²) in [5.74, 6) is -1.20. The first-order valence-corrected chi connectivity index (χ1v) is 7.35. The molecular weight excluding hydrogens is 315 g/mol. The number of esters is 1. The summed E-state index contributed by atoms with van der Waals surface area (Å²) in [7, 11) is 0. The van der Waals surface area contributed by atoms with Crippen LogP contribution in [0.15, 0.2) is 72.8 Å². The van der Waals surface area contributed by atoms with Crippen molar-refractivity contribution in [3.05, 3.63) is 89.2 Å². The van der Waals surface area contributed by atoms with Gasteiger partial charge in [-0.05, 0) is 23.8 Å². The second-order valence-electron chi connectivity index (χ2n) is 4.85. The average Bonchev–Trinajstić information content (AvgIpc) is 2.58. The molecule has 3 aromatic rings. The Morgan fingerprint density at radius 1 is 0.870 bits per heavy atom. The monoisotopic (exact) mass is 326 g/mol. The van der Waals surface area contributed by atoms with Crippen molar-refractivity contribution in [2.24, 2.45) is 0 Å². The van der Waals surface area contributed by atoms with Gasteiger partial charge in [-0.15, -0.1) is 0 Å². The van der Waals surface area contributed by atoms with E-state index >= 15 is 0 Å². The van der Waals surface area contributed by atoms with Crippen LogP contribution in [0.25, 0.3) is 11.1 Å². The molecule has 0 amide bonds. The lowest BCUT2D eigenvalue weighted by Crippen LogP contribution is -2.11. The SMILES string of the molecule is O=C(Oc1ccccc1-c1ccccc1)c1cccc(Cl)c1F. The zero-order valence-electron chi connectivity index (χ0n) is 12.0. The highest BCUT2D eigenvalue weighted by atomic mass is 35.5. The summed E-state index contributed by atoms with van der Waals surface area (Å²) in [6, 6.07) is 20.8. The van der Waals surface area contributed by atoms with Crippen LogP contribution in [0.2, 0.25) is 5.02 Å². The zero-order chi connectivity index (χ0) is 16.2. The molecule has 3 rings (SSSR count). The Morgan fingerprint density at radius 3 is 2.35 bits per heavy atom. The third-order valence-corrected chi connectivity index (χ3v) is 3.64. The standard InChI is InChI=1S/C19H12ClFO2/c20-16-11-6-10-15(18(16)21)19(22)23-17-12-5-4-9-14(17)13-7-2-1-3-8-13/h1-12H. The van der Waals surface area contributed by atoms with Crippen molar-refractivity contribution in [2.75, 3.05) is 0 Å². The quantitative estimate of drug-likeness (QED) is 0.478. The number of carbonyl (C=O) groups is 1. The maximum Gasteiger partial charge on any atom is 0.346 e. The third-order valence-electron chi connectivity index (χ3n) is 3.35. The lowest BCUT2D eigenvalue weighted by Gasteiger charge is -2.11. The Morgan fingerprint density at radius 2 is 1.57 bits per heavy atom. The van der Waals surface area contributed by atoms with E-state index in [1.807, 2.05) is 42.5 Å². The maximum atomic E-state index is 13.9. The van der Waals surface area contributed by atoms with Crippen molar-refractivity contribution in [2.45, 2.75) is 0 Å². The van der Waals surface area contributed by atoms with Crippen LogP contribution in [0.1, 0.15) is 10.4 Å². The summed E-state index contributed by atoms with van der Waals surface area (Å²) in [5.41, 5.74) is 1.46. The predicted octanol–water partition coefficient (Wildman–Crippen LogP) is 5.37. The van der Waals surface area contributed by atoms with Gasteiger partial charge in [0.05, 0.1) is 10.6 Å². The Kier molecular flexibility index (Phi) is 4.40. The molecule has 0 atom stereocenters. The molecule has 0 aliphatic rings. The van der Waals surface area contributed by atoms with E-state index in [1.54, 1.807) is 12.1 Å². The van der Waals surface area contributed by atoms with Gasteiger partial charge in [-0.3, -0.25) is 0 Å². The van der Waals surface area contributed by atoms with Gasteiger partial charge in [0.2, 0.25) is 0 Å². The highest BCUT2D eigenvalue weighted by molar-refractivity contribution is 6.31. The van der Waals surface area contributed by atoms with Crippen molar-refractivity contribution < 1.29 is 13.9 Å². The van der Waals surface area contributed by atoms with Crippen LogP contribution >= 0.6 is 11.6 Å². The van der Waals surface area contributed by atoms with Crippen LogP contribution in [0.4, 0.5) is 4.39 Å². The molecule has 0 aliphatic carbocycles. The van der Waals surface area contributed by atoms with Crippen molar-refractivity contribution >= 4 is 17.6 Å². The molecule has 2 nitrogen and oxygen atoms in total. The molecule has 0 spiro atoms. The summed E-state index contributed by atoms with van der Waals surface area (Å²) in [6.07, 6.45) is 0. The van der Waals surface area contributed by atoms with E-state index in [-0.39, 0.29) is 10.6 Å². The van der Waals surface area contributed by atoms with Crippen LogP contribution in [-0.4, -0.2) is 5.97 Å². The van der Waals surface area contributed by atoms with Crippen LogP contribution in [0.5, 0.6) is 5.75 Å². The fraction of sp³-hybridized carbons (Fsp3) is 0. The molecule has 23 heavy (non-hydrogen) atoms. The van der Waals surface area contributed by atoms with Gasteiger partial charge in [-0.25, -0.2) is 9.18 Å². The van der Waals surface area contributed by atoms with Crippen molar-refractivity contribution in [1.82, 2.24) is 0 Å². The van der Waals surface area contributed by atoms with Gasteiger partial charge in [-0.2, -0.15) is 0 Å². The topological polar surface area (TPSA) is 26.3 Å². The first kappa shape index (κ1) is 15.3. The molecule has 0 fully saturated rings. The number of rotatable bonds is 3. The molecule has 0 saturated carbocycles. The first-order valence-electron chi connectivity index (χ1n) is 6.97. The lowest BCUT2D eigenvalue weighted by molar-refractivity contribution is 0.0731. The first-order chi connectivity index (χ1) is 11.2. The highest BCUT2D eigenvalue weighted by Crippen LogP contribution is 2.30. The van der Waals surface area contributed by atoms with E-state index in [0.29, 0.717) is 5.75 Å². The fourth-order valence-electron chi connectivity index (χ4n) is 2.23. The van der Waals surface area contributed by atoms with Crippen LogP contribution in [0, 0.1) is 5.82 Å². The predicted molar refractivity (Wildman–Crippen MR) is 88.2 cm³/mol. The van der Waals surface area contributed by atoms with Crippen molar-refractivity contribution in [1.29, 1.82) is 0 Å². The number of hydrogen-bond acceptors (Lipinski definition) is 2. The molecule has 0 aromatic heterocycles. The molecule has 4 heteroatoms. The molecule has 0 aliphatic heterocycles. The zero-order valence-corrected chi connectivity index (χ0v) is 12.8. The van der Waals surface area contributed by atoms with Gasteiger partial charge >= 0.3 is 5.97 Å². The van der Waals surface area contributed by atoms with Gasteiger partial charge in [0.15, 0.2) is 5.82 Å². The highest BCUT2D eigenvalue weighted by Gasteiger charge is 2.17. The van der Waals surface area contributed by atoms with E-state index in [4.69, 9.17) is 16.3 Å². The Labute approximate surface area is 138 Å². The minimum absolute atomic E-state index is 0.115. The Hall–Kier alpha value is -2.65. The number of para-hydroxylation sites is 1. The number of halogens is 2. The molecule has 0 bridgehead atoms. The largest absolute Gasteiger partial charge is 0.422 e. The molecule has 0 radical (unpaired) electrons. The second kappa shape index (κ2) is 6.63. The van der Waals surface area contributed by atoms with Crippen LogP contribution < -0.4 is 4.74 Å². The van der Waals surface area contributed by atoms with Crippen LogP contribution in [-0.2, 0) is 0 Å². The third kappa shape index (κ3) is 3.25. The summed E-state index contributed by atoms with van der Waals surface area (Å²) >= 11 is 5.71. The Bertz CT molecular complexity index is 847. The Balaban J connectivity index is 1.95. The minimum Gasteiger partial charge on any atom is -0.422 e. The molecule has 0 heterocycles. The van der Waals surface area contributed by atoms with E-state index in [1.165, 1.54) is 18.2 Å². The smallest absolute Gasteiger partial charge is 0.346 e. The molecular formula is C19H12ClFO2. The van der Waals surface area contributed by atoms with Gasteiger partial charge in [-0.1, -0.05) is 66.2 Å². The summed E-state index contributed by atoms with van der Waals surface area (Å²) in [6.45, 7) is 0. The average molecular weight is 327 g/mol. The maximum absolute atomic E-state index is 13.9. The molecule has 0 saturated heterocycles. The number of ether oxygens (including phenoxy) is 1. The van der Waals surface area contributed by atoms with Gasteiger partial charge in [0, 0.05) is 5.56 Å². The fourth-order valence-corrected chi connectivity index (χ4v) is 2.40. The lowest BCUT2D eigenvalue weighted by atomic mass is 10.0. The molecule has 0 unspecified atom stereocenters. The number of benzene rings is 3. The van der Waals surface area contributed by atoms with E-state index in [2.05, 4.69) is 0 Å². The van der Waals surface area contributed by atoms with Gasteiger partial charge in [0.1, 0.15) is 5.75 Å². The molecule has 114 valence electrons. The summed E-state index contributed by atoms with van der Waals surface area (Å²) < 4.78 is 19.3. The summed E-state index contributed by atoms with van der Waals surface area (Å²) in [5, 5.41) is -0.115. The summed E-state index contributed by atoms with van der Waals surface area (Å²) in [4.78, 5) is 12.2. The minimum atomic E-state index is -0.784. The second-order valence-corrected chi connectivity index (χ2v) is 5.26. The van der Waals surface area contributed by atoms with Crippen molar-refractivity contribution in [3.8, 4) is 16.9 Å². The molecule has 0 N–H and O–H groups in total. The van der Waals surface area contributed by atoms with Crippen LogP contribution in [0.3, 0.4) is 0 Å². The van der Waals surface area contributed by atoms with Crippen molar-refractivity contribution in [3.63, 3.8) is 0 Å². The van der Waals surface area contributed by atoms with E-state index in [0.717, 1.165) is 11.1 Å². The normalized spacial score (nSPS) is 10.3. The molecule has 3 aromatic carbocycles. The number of hydrogen-bond donors (Lipinski definition) is 0.